The number of nitrogens with zero attached hydrogens (tertiary/aromatic N) is 5. The average molecular weight is 421 g/mol. The number of tetrazole rings is 1. The van der Waals surface area contributed by atoms with Crippen LogP contribution in [-0.4, -0.2) is 31.2 Å². The number of rotatable bonds is 6. The first kappa shape index (κ1) is 19.6. The van der Waals surface area contributed by atoms with E-state index in [2.05, 4.69) is 20.5 Å². The summed E-state index contributed by atoms with van der Waals surface area (Å²) < 4.78 is 20.3. The second-order valence-corrected chi connectivity index (χ2v) is 7.40. The lowest BCUT2D eigenvalue weighted by Crippen LogP contribution is -2.15. The summed E-state index contributed by atoms with van der Waals surface area (Å²) in [7, 11) is 0. The van der Waals surface area contributed by atoms with E-state index in [1.54, 1.807) is 25.3 Å². The lowest BCUT2D eigenvalue weighted by Gasteiger charge is -2.08. The van der Waals surface area contributed by atoms with Crippen molar-refractivity contribution in [2.45, 2.75) is 13.5 Å². The number of ether oxygens (including phenoxy) is 1. The van der Waals surface area contributed by atoms with Crippen LogP contribution in [0.2, 0.25) is 0 Å². The highest BCUT2D eigenvalue weighted by Gasteiger charge is 2.19. The smallest absolute Gasteiger partial charge is 0.357 e. The largest absolute Gasteiger partial charge is 0.454 e. The molecule has 2 aromatic heterocycles. The van der Waals surface area contributed by atoms with Gasteiger partial charge in [-0.05, 0) is 46.7 Å². The molecule has 0 unspecified atom stereocenters. The van der Waals surface area contributed by atoms with E-state index in [4.69, 9.17) is 4.74 Å². The van der Waals surface area contributed by atoms with Crippen LogP contribution in [0.15, 0.2) is 60.8 Å². The highest BCUT2D eigenvalue weighted by atomic mass is 32.1. The molecular formula is C21H16FN5O2S. The van der Waals surface area contributed by atoms with Crippen LogP contribution in [0.25, 0.3) is 22.2 Å². The van der Waals surface area contributed by atoms with Crippen LogP contribution in [0, 0.1) is 12.7 Å². The summed E-state index contributed by atoms with van der Waals surface area (Å²) in [6.45, 7) is 1.65. The third-order valence-electron chi connectivity index (χ3n) is 4.15. The van der Waals surface area contributed by atoms with Crippen molar-refractivity contribution < 1.29 is 13.9 Å². The van der Waals surface area contributed by atoms with E-state index in [-0.39, 0.29) is 12.3 Å². The fourth-order valence-electron chi connectivity index (χ4n) is 2.73. The molecule has 150 valence electrons. The van der Waals surface area contributed by atoms with Gasteiger partial charge in [0.25, 0.3) is 0 Å². The summed E-state index contributed by atoms with van der Waals surface area (Å²) in [5.74, 6) is -0.664. The second kappa shape index (κ2) is 8.75. The standard InChI is InChI=1S/C21H16FN5O2S/c1-14-24-25-26-27(14)18(11-15-6-5-9-17(22)10-15)21(28)29-13-20-23-12-19(30-20)16-7-3-2-4-8-16/h2-12H,13H2,1H3/b18-11-. The summed E-state index contributed by atoms with van der Waals surface area (Å²) >= 11 is 1.44. The molecule has 0 aliphatic carbocycles. The molecule has 30 heavy (non-hydrogen) atoms. The monoisotopic (exact) mass is 421 g/mol. The van der Waals surface area contributed by atoms with Crippen molar-refractivity contribution in [3.8, 4) is 10.4 Å². The third-order valence-corrected chi connectivity index (χ3v) is 5.17. The summed E-state index contributed by atoms with van der Waals surface area (Å²) in [6.07, 6.45) is 3.23. The van der Waals surface area contributed by atoms with Crippen molar-refractivity contribution in [2.24, 2.45) is 0 Å². The molecule has 0 fully saturated rings. The van der Waals surface area contributed by atoms with Gasteiger partial charge in [-0.3, -0.25) is 0 Å². The molecule has 7 nitrogen and oxygen atoms in total. The molecular weight excluding hydrogens is 405 g/mol. The van der Waals surface area contributed by atoms with Crippen LogP contribution in [0.5, 0.6) is 0 Å². The van der Waals surface area contributed by atoms with E-state index in [0.29, 0.717) is 16.4 Å². The number of benzene rings is 2. The Balaban J connectivity index is 1.54. The van der Waals surface area contributed by atoms with Gasteiger partial charge < -0.3 is 4.74 Å². The highest BCUT2D eigenvalue weighted by molar-refractivity contribution is 7.15. The quantitative estimate of drug-likeness (QED) is 0.346. The van der Waals surface area contributed by atoms with Gasteiger partial charge in [0.15, 0.2) is 11.5 Å². The predicted molar refractivity (Wildman–Crippen MR) is 110 cm³/mol. The molecule has 2 heterocycles. The zero-order valence-corrected chi connectivity index (χ0v) is 16.7. The van der Waals surface area contributed by atoms with Crippen LogP contribution in [-0.2, 0) is 16.1 Å². The Labute approximate surface area is 175 Å². The zero-order chi connectivity index (χ0) is 20.9. The van der Waals surface area contributed by atoms with E-state index < -0.39 is 11.8 Å². The summed E-state index contributed by atoms with van der Waals surface area (Å²) in [6, 6.07) is 15.7. The molecule has 0 spiro atoms. The average Bonchev–Trinajstić information content (AvgIpc) is 3.40. The van der Waals surface area contributed by atoms with Crippen molar-refractivity contribution in [3.63, 3.8) is 0 Å². The molecule has 9 heteroatoms. The van der Waals surface area contributed by atoms with Gasteiger partial charge in [0, 0.05) is 6.20 Å². The van der Waals surface area contributed by atoms with Crippen LogP contribution in [0.4, 0.5) is 4.39 Å². The van der Waals surface area contributed by atoms with Gasteiger partial charge in [0.2, 0.25) is 0 Å². The number of halogens is 1. The first-order valence-electron chi connectivity index (χ1n) is 9.00. The number of aryl methyl sites for hydroxylation is 1. The molecule has 0 radical (unpaired) electrons. The van der Waals surface area contributed by atoms with Gasteiger partial charge in [-0.15, -0.1) is 16.4 Å². The van der Waals surface area contributed by atoms with Crippen LogP contribution in [0.1, 0.15) is 16.4 Å². The number of hydrogen-bond acceptors (Lipinski definition) is 7. The van der Waals surface area contributed by atoms with Crippen molar-refractivity contribution in [1.82, 2.24) is 25.2 Å². The number of carbonyl (C=O) groups excluding carboxylic acids is 1. The molecule has 0 amide bonds. The number of carbonyl (C=O) groups is 1. The van der Waals surface area contributed by atoms with Crippen LogP contribution < -0.4 is 0 Å². The SMILES string of the molecule is Cc1nnnn1/C(=C\c1cccc(F)c1)C(=O)OCc1ncc(-c2ccccc2)s1. The van der Waals surface area contributed by atoms with E-state index >= 15 is 0 Å². The summed E-state index contributed by atoms with van der Waals surface area (Å²) in [4.78, 5) is 18.1. The molecule has 0 aliphatic rings. The number of hydrogen-bond donors (Lipinski definition) is 0. The summed E-state index contributed by atoms with van der Waals surface area (Å²) in [5.41, 5.74) is 1.60. The maximum Gasteiger partial charge on any atom is 0.357 e. The van der Waals surface area contributed by atoms with Gasteiger partial charge >= 0.3 is 5.97 Å². The molecule has 0 saturated carbocycles. The lowest BCUT2D eigenvalue weighted by molar-refractivity contribution is -0.138. The molecule has 4 rings (SSSR count). The number of thiazole rings is 1. The Morgan fingerprint density at radius 3 is 2.77 bits per heavy atom. The zero-order valence-electron chi connectivity index (χ0n) is 15.9. The first-order valence-corrected chi connectivity index (χ1v) is 9.81. The maximum atomic E-state index is 13.6. The molecule has 0 saturated heterocycles. The minimum atomic E-state index is -0.647. The van der Waals surface area contributed by atoms with E-state index in [1.807, 2.05) is 30.3 Å². The molecule has 4 aromatic rings. The maximum absolute atomic E-state index is 13.6. The fourth-order valence-corrected chi connectivity index (χ4v) is 3.57. The minimum absolute atomic E-state index is 0.00199. The molecule has 0 N–H and O–H groups in total. The van der Waals surface area contributed by atoms with Crippen molar-refractivity contribution in [3.05, 3.63) is 83.0 Å². The first-order chi connectivity index (χ1) is 14.6. The Hall–Kier alpha value is -3.72. The molecule has 0 bridgehead atoms. The topological polar surface area (TPSA) is 82.8 Å². The molecule has 0 atom stereocenters. The van der Waals surface area contributed by atoms with Crippen LogP contribution in [0.3, 0.4) is 0 Å². The Morgan fingerprint density at radius 1 is 1.20 bits per heavy atom. The lowest BCUT2D eigenvalue weighted by atomic mass is 10.2. The van der Waals surface area contributed by atoms with Crippen molar-refractivity contribution in [2.75, 3.05) is 0 Å². The Kier molecular flexibility index (Phi) is 5.71. The third kappa shape index (κ3) is 4.47. The van der Waals surface area contributed by atoms with Gasteiger partial charge in [0.05, 0.1) is 4.88 Å². The molecule has 2 aromatic carbocycles. The summed E-state index contributed by atoms with van der Waals surface area (Å²) in [5, 5.41) is 11.9. The van der Waals surface area contributed by atoms with Crippen molar-refractivity contribution >= 4 is 29.1 Å². The van der Waals surface area contributed by atoms with Gasteiger partial charge in [0.1, 0.15) is 17.4 Å². The second-order valence-electron chi connectivity index (χ2n) is 6.28. The van der Waals surface area contributed by atoms with E-state index in [9.17, 15) is 9.18 Å². The van der Waals surface area contributed by atoms with Gasteiger partial charge in [-0.2, -0.15) is 4.68 Å². The number of aromatic nitrogens is 5. The minimum Gasteiger partial charge on any atom is -0.454 e. The Morgan fingerprint density at radius 2 is 2.03 bits per heavy atom. The van der Waals surface area contributed by atoms with Gasteiger partial charge in [-0.25, -0.2) is 14.2 Å². The highest BCUT2D eigenvalue weighted by Crippen LogP contribution is 2.26. The fraction of sp³-hybridized carbons (Fsp3) is 0.0952. The van der Waals surface area contributed by atoms with Crippen molar-refractivity contribution in [1.29, 1.82) is 0 Å². The molecule has 0 aliphatic heterocycles. The van der Waals surface area contributed by atoms with Crippen LogP contribution >= 0.6 is 11.3 Å². The normalized spacial score (nSPS) is 11.5. The van der Waals surface area contributed by atoms with Gasteiger partial charge in [-0.1, -0.05) is 42.5 Å². The van der Waals surface area contributed by atoms with E-state index in [0.717, 1.165) is 10.4 Å². The van der Waals surface area contributed by atoms with E-state index in [1.165, 1.54) is 34.2 Å². The number of esters is 1. The predicted octanol–water partition coefficient (Wildman–Crippen LogP) is 3.99. The Bertz CT molecular complexity index is 1200.